The first-order valence-corrected chi connectivity index (χ1v) is 4.87. The fourth-order valence-electron chi connectivity index (χ4n) is 1.31. The van der Waals surface area contributed by atoms with Crippen LogP contribution in [0.4, 0.5) is 0 Å². The predicted molar refractivity (Wildman–Crippen MR) is 50.6 cm³/mol. The molecule has 1 atom stereocenters. The van der Waals surface area contributed by atoms with Crippen LogP contribution in [0, 0.1) is 11.3 Å². The summed E-state index contributed by atoms with van der Waals surface area (Å²) < 4.78 is -1.94. The maximum absolute atomic E-state index is 11.4. The minimum atomic E-state index is -1.94. The standard InChI is InChI=1S/C7H7Cl3N2O/c8-7(9,10)6(13)12-3-1-2-5(12)4-11/h5H,1-3H2/t5-/m0/s1. The number of likely N-dealkylation sites (tertiary alicyclic amines) is 1. The van der Waals surface area contributed by atoms with E-state index in [1.807, 2.05) is 6.07 Å². The molecule has 0 unspecified atom stereocenters. The number of nitriles is 1. The van der Waals surface area contributed by atoms with Crippen molar-refractivity contribution >= 4 is 40.7 Å². The molecular weight excluding hydrogens is 234 g/mol. The summed E-state index contributed by atoms with van der Waals surface area (Å²) in [5.74, 6) is -0.610. The van der Waals surface area contributed by atoms with Gasteiger partial charge in [-0.05, 0) is 12.8 Å². The van der Waals surface area contributed by atoms with Crippen LogP contribution in [0.3, 0.4) is 0 Å². The summed E-state index contributed by atoms with van der Waals surface area (Å²) in [5, 5.41) is 8.68. The first-order chi connectivity index (χ1) is 5.96. The number of hydrogen-bond donors (Lipinski definition) is 0. The highest BCUT2D eigenvalue weighted by molar-refractivity contribution is 6.76. The van der Waals surface area contributed by atoms with E-state index in [4.69, 9.17) is 40.1 Å². The van der Waals surface area contributed by atoms with Crippen molar-refractivity contribution in [3.05, 3.63) is 0 Å². The second kappa shape index (κ2) is 3.91. The lowest BCUT2D eigenvalue weighted by atomic mass is 10.2. The van der Waals surface area contributed by atoms with Crippen molar-refractivity contribution in [2.75, 3.05) is 6.54 Å². The molecule has 0 spiro atoms. The zero-order valence-corrected chi connectivity index (χ0v) is 8.90. The Bertz CT molecular complexity index is 255. The summed E-state index contributed by atoms with van der Waals surface area (Å²) in [6.45, 7) is 0.491. The van der Waals surface area contributed by atoms with E-state index < -0.39 is 15.7 Å². The zero-order chi connectivity index (χ0) is 10.1. The Hall–Kier alpha value is -0.170. The number of carbonyl (C=O) groups is 1. The minimum Gasteiger partial charge on any atom is -0.323 e. The van der Waals surface area contributed by atoms with Crippen LogP contribution in [0.1, 0.15) is 12.8 Å². The molecule has 1 saturated heterocycles. The number of nitrogens with zero attached hydrogens (tertiary/aromatic N) is 2. The topological polar surface area (TPSA) is 44.1 Å². The van der Waals surface area contributed by atoms with E-state index in [0.717, 1.165) is 6.42 Å². The molecule has 13 heavy (non-hydrogen) atoms. The molecule has 0 N–H and O–H groups in total. The third kappa shape index (κ3) is 2.40. The van der Waals surface area contributed by atoms with Gasteiger partial charge in [0.15, 0.2) is 0 Å². The van der Waals surface area contributed by atoms with Crippen molar-refractivity contribution in [2.24, 2.45) is 0 Å². The highest BCUT2D eigenvalue weighted by Crippen LogP contribution is 2.31. The number of hydrogen-bond acceptors (Lipinski definition) is 2. The van der Waals surface area contributed by atoms with Crippen LogP contribution in [-0.2, 0) is 4.79 Å². The van der Waals surface area contributed by atoms with Crippen molar-refractivity contribution < 1.29 is 4.79 Å². The molecular formula is C7H7Cl3N2O. The van der Waals surface area contributed by atoms with Gasteiger partial charge in [-0.1, -0.05) is 34.8 Å². The van der Waals surface area contributed by atoms with E-state index in [-0.39, 0.29) is 0 Å². The molecule has 1 heterocycles. The van der Waals surface area contributed by atoms with Gasteiger partial charge in [-0.3, -0.25) is 4.79 Å². The highest BCUT2D eigenvalue weighted by Gasteiger charge is 2.40. The van der Waals surface area contributed by atoms with Crippen LogP contribution in [0.2, 0.25) is 0 Å². The molecule has 72 valence electrons. The smallest absolute Gasteiger partial charge is 0.275 e. The molecule has 0 radical (unpaired) electrons. The Morgan fingerprint density at radius 3 is 2.62 bits per heavy atom. The van der Waals surface area contributed by atoms with Gasteiger partial charge in [0.05, 0.1) is 6.07 Å². The van der Waals surface area contributed by atoms with Crippen molar-refractivity contribution in [1.82, 2.24) is 4.90 Å². The summed E-state index contributed by atoms with van der Waals surface area (Å²) >= 11 is 16.2. The molecule has 0 aromatic rings. The van der Waals surface area contributed by atoms with Crippen molar-refractivity contribution in [1.29, 1.82) is 5.26 Å². The molecule has 0 bridgehead atoms. The molecule has 0 saturated carbocycles. The van der Waals surface area contributed by atoms with Crippen molar-refractivity contribution in [3.8, 4) is 6.07 Å². The molecule has 1 amide bonds. The summed E-state index contributed by atoms with van der Waals surface area (Å²) in [6.07, 6.45) is 1.44. The van der Waals surface area contributed by atoms with Crippen LogP contribution < -0.4 is 0 Å². The average molecular weight is 242 g/mol. The van der Waals surface area contributed by atoms with Crippen LogP contribution in [0.25, 0.3) is 0 Å². The fraction of sp³-hybridized carbons (Fsp3) is 0.714. The minimum absolute atomic E-state index is 0.442. The molecule has 1 fully saturated rings. The highest BCUT2D eigenvalue weighted by atomic mass is 35.6. The lowest BCUT2D eigenvalue weighted by molar-refractivity contribution is -0.130. The maximum atomic E-state index is 11.4. The molecule has 1 aliphatic rings. The van der Waals surface area contributed by atoms with Crippen molar-refractivity contribution in [3.63, 3.8) is 0 Å². The lowest BCUT2D eigenvalue weighted by Gasteiger charge is -2.23. The molecule has 1 rings (SSSR count). The van der Waals surface area contributed by atoms with E-state index in [1.165, 1.54) is 4.90 Å². The fourth-order valence-corrected chi connectivity index (χ4v) is 1.63. The van der Waals surface area contributed by atoms with E-state index in [2.05, 4.69) is 0 Å². The maximum Gasteiger partial charge on any atom is 0.275 e. The summed E-state index contributed by atoms with van der Waals surface area (Å²) in [5.41, 5.74) is 0. The second-order valence-electron chi connectivity index (χ2n) is 2.78. The monoisotopic (exact) mass is 240 g/mol. The van der Waals surface area contributed by atoms with E-state index in [9.17, 15) is 4.79 Å². The first-order valence-electron chi connectivity index (χ1n) is 3.74. The quantitative estimate of drug-likeness (QED) is 0.608. The number of alkyl halides is 3. The van der Waals surface area contributed by atoms with Crippen molar-refractivity contribution in [2.45, 2.75) is 22.7 Å². The van der Waals surface area contributed by atoms with Gasteiger partial charge in [0.2, 0.25) is 0 Å². The summed E-state index contributed by atoms with van der Waals surface area (Å²) in [4.78, 5) is 12.7. The van der Waals surface area contributed by atoms with Gasteiger partial charge in [-0.25, -0.2) is 0 Å². The third-order valence-corrected chi connectivity index (χ3v) is 2.39. The van der Waals surface area contributed by atoms with E-state index in [0.29, 0.717) is 13.0 Å². The molecule has 1 aliphatic heterocycles. The van der Waals surface area contributed by atoms with Gasteiger partial charge in [-0.2, -0.15) is 5.26 Å². The van der Waals surface area contributed by atoms with E-state index >= 15 is 0 Å². The third-order valence-electron chi connectivity index (χ3n) is 1.91. The van der Waals surface area contributed by atoms with Gasteiger partial charge in [0, 0.05) is 6.54 Å². The van der Waals surface area contributed by atoms with E-state index in [1.54, 1.807) is 0 Å². The zero-order valence-electron chi connectivity index (χ0n) is 6.64. The Labute approximate surface area is 91.1 Å². The summed E-state index contributed by atoms with van der Waals surface area (Å²) in [6, 6.07) is 1.55. The van der Waals surface area contributed by atoms with Gasteiger partial charge < -0.3 is 4.90 Å². The van der Waals surface area contributed by atoms with Gasteiger partial charge in [0.25, 0.3) is 9.70 Å². The normalized spacial score (nSPS) is 22.9. The Balaban J connectivity index is 2.73. The van der Waals surface area contributed by atoms with Crippen LogP contribution in [-0.4, -0.2) is 27.2 Å². The van der Waals surface area contributed by atoms with Crippen LogP contribution >= 0.6 is 34.8 Å². The largest absolute Gasteiger partial charge is 0.323 e. The van der Waals surface area contributed by atoms with Gasteiger partial charge in [0.1, 0.15) is 6.04 Å². The summed E-state index contributed by atoms with van der Waals surface area (Å²) in [7, 11) is 0. The molecule has 0 aromatic heterocycles. The first kappa shape index (κ1) is 10.9. The predicted octanol–water partition coefficient (Wildman–Crippen LogP) is 1.87. The number of halogens is 3. The lowest BCUT2D eigenvalue weighted by Crippen LogP contribution is -2.41. The molecule has 0 aliphatic carbocycles. The van der Waals surface area contributed by atoms with Crippen LogP contribution in [0.5, 0.6) is 0 Å². The van der Waals surface area contributed by atoms with Gasteiger partial charge >= 0.3 is 0 Å². The Morgan fingerprint density at radius 2 is 2.15 bits per heavy atom. The number of carbonyl (C=O) groups excluding carboxylic acids is 1. The number of rotatable bonds is 0. The Morgan fingerprint density at radius 1 is 1.54 bits per heavy atom. The van der Waals surface area contributed by atoms with Crippen LogP contribution in [0.15, 0.2) is 0 Å². The number of amides is 1. The second-order valence-corrected chi connectivity index (χ2v) is 5.06. The molecule has 0 aromatic carbocycles. The molecule has 3 nitrogen and oxygen atoms in total. The van der Waals surface area contributed by atoms with Gasteiger partial charge in [-0.15, -0.1) is 0 Å². The Kier molecular flexibility index (Phi) is 3.28. The molecule has 6 heteroatoms. The average Bonchev–Trinajstić information content (AvgIpc) is 2.48. The SMILES string of the molecule is N#C[C@@H]1CCCN1C(=O)C(Cl)(Cl)Cl.